The van der Waals surface area contributed by atoms with Crippen LogP contribution in [0, 0.1) is 0 Å². The van der Waals surface area contributed by atoms with E-state index in [4.69, 9.17) is 4.74 Å². The van der Waals surface area contributed by atoms with Crippen molar-refractivity contribution in [2.24, 2.45) is 0 Å². The fourth-order valence-electron chi connectivity index (χ4n) is 1.44. The highest BCUT2D eigenvalue weighted by Gasteiger charge is 2.08. The number of ether oxygens (including phenoxy) is 1. The Morgan fingerprint density at radius 2 is 1.80 bits per heavy atom. The monoisotopic (exact) mass is 207 g/mol. The van der Waals surface area contributed by atoms with Gasteiger partial charge in [-0.25, -0.2) is 0 Å². The minimum Gasteiger partial charge on any atom is -0.388 e. The maximum absolute atomic E-state index is 5.84. The van der Waals surface area contributed by atoms with E-state index >= 15 is 0 Å². The smallest absolute Gasteiger partial charge is 0.0800 e. The van der Waals surface area contributed by atoms with Crippen LogP contribution in [-0.2, 0) is 4.74 Å². The Morgan fingerprint density at radius 3 is 2.27 bits per heavy atom. The summed E-state index contributed by atoms with van der Waals surface area (Å²) in [6, 6.07) is 8.37. The second kappa shape index (κ2) is 5.76. The van der Waals surface area contributed by atoms with Crippen LogP contribution in [0.5, 0.6) is 0 Å². The van der Waals surface area contributed by atoms with Crippen LogP contribution in [0.2, 0.25) is 0 Å². The molecule has 0 aliphatic heterocycles. The van der Waals surface area contributed by atoms with E-state index in [0.29, 0.717) is 6.10 Å². The van der Waals surface area contributed by atoms with Crippen LogP contribution in [-0.4, -0.2) is 13.2 Å². The molecule has 2 unspecified atom stereocenters. The van der Waals surface area contributed by atoms with Gasteiger partial charge in [0.2, 0.25) is 0 Å². The van der Waals surface area contributed by atoms with E-state index in [1.165, 1.54) is 5.56 Å². The average molecular weight is 207 g/mol. The second-order valence-corrected chi connectivity index (χ2v) is 3.87. The number of benzene rings is 1. The van der Waals surface area contributed by atoms with Crippen LogP contribution in [0.25, 0.3) is 0 Å². The highest BCUT2D eigenvalue weighted by molar-refractivity contribution is 5.44. The molecule has 1 aromatic carbocycles. The Kier molecular flexibility index (Phi) is 4.63. The van der Waals surface area contributed by atoms with Crippen molar-refractivity contribution in [3.63, 3.8) is 0 Å². The van der Waals surface area contributed by atoms with Crippen LogP contribution < -0.4 is 5.32 Å². The average Bonchev–Trinajstić information content (AvgIpc) is 2.29. The van der Waals surface area contributed by atoms with Gasteiger partial charge in [0.05, 0.1) is 12.2 Å². The first-order valence-corrected chi connectivity index (χ1v) is 5.60. The van der Waals surface area contributed by atoms with Crippen molar-refractivity contribution in [2.45, 2.75) is 39.4 Å². The summed E-state index contributed by atoms with van der Waals surface area (Å²) in [5, 5.41) is 3.10. The van der Waals surface area contributed by atoms with Crippen LogP contribution >= 0.6 is 0 Å². The summed E-state index contributed by atoms with van der Waals surface area (Å²) in [4.78, 5) is 0. The molecule has 0 heterocycles. The summed E-state index contributed by atoms with van der Waals surface area (Å²) in [5.41, 5.74) is 2.36. The maximum atomic E-state index is 5.84. The Bertz CT molecular complexity index is 281. The molecule has 2 nitrogen and oxygen atoms in total. The van der Waals surface area contributed by atoms with Gasteiger partial charge in [0.1, 0.15) is 0 Å². The standard InChI is InChI=1S/C13H21NO/c1-5-10(2)15-11(3)12-6-8-13(14-4)9-7-12/h6-11,14H,5H2,1-4H3. The number of rotatable bonds is 5. The first-order chi connectivity index (χ1) is 7.17. The van der Waals surface area contributed by atoms with Crippen molar-refractivity contribution < 1.29 is 4.74 Å². The molecule has 1 rings (SSSR count). The SMILES string of the molecule is CCC(C)OC(C)c1ccc(NC)cc1. The van der Waals surface area contributed by atoms with Crippen molar-refractivity contribution in [2.75, 3.05) is 12.4 Å². The van der Waals surface area contributed by atoms with Crippen molar-refractivity contribution >= 4 is 5.69 Å². The summed E-state index contributed by atoms with van der Waals surface area (Å²) < 4.78 is 5.84. The lowest BCUT2D eigenvalue weighted by Crippen LogP contribution is -2.10. The Hall–Kier alpha value is -1.02. The third-order valence-corrected chi connectivity index (χ3v) is 2.68. The summed E-state index contributed by atoms with van der Waals surface area (Å²) in [7, 11) is 1.92. The van der Waals surface area contributed by atoms with Gasteiger partial charge in [-0.1, -0.05) is 19.1 Å². The van der Waals surface area contributed by atoms with Crippen molar-refractivity contribution in [1.82, 2.24) is 0 Å². The third kappa shape index (κ3) is 3.56. The third-order valence-electron chi connectivity index (χ3n) is 2.68. The fraction of sp³-hybridized carbons (Fsp3) is 0.538. The largest absolute Gasteiger partial charge is 0.388 e. The van der Waals surface area contributed by atoms with Gasteiger partial charge in [0.25, 0.3) is 0 Å². The van der Waals surface area contributed by atoms with E-state index in [1.54, 1.807) is 0 Å². The zero-order chi connectivity index (χ0) is 11.3. The lowest BCUT2D eigenvalue weighted by molar-refractivity contribution is 0.00549. The summed E-state index contributed by atoms with van der Waals surface area (Å²) >= 11 is 0. The first kappa shape index (κ1) is 12.1. The molecule has 0 saturated heterocycles. The van der Waals surface area contributed by atoms with Crippen molar-refractivity contribution in [1.29, 1.82) is 0 Å². The summed E-state index contributed by atoms with van der Waals surface area (Å²) in [6.07, 6.45) is 1.55. The minimum absolute atomic E-state index is 0.172. The number of hydrogen-bond acceptors (Lipinski definition) is 2. The van der Waals surface area contributed by atoms with Gasteiger partial charge in [-0.15, -0.1) is 0 Å². The molecule has 0 aliphatic rings. The van der Waals surface area contributed by atoms with Crippen LogP contribution in [0.4, 0.5) is 5.69 Å². The molecule has 0 aliphatic carbocycles. The molecule has 0 saturated carbocycles. The van der Waals surface area contributed by atoms with E-state index in [0.717, 1.165) is 12.1 Å². The molecule has 2 heteroatoms. The Balaban J connectivity index is 2.61. The van der Waals surface area contributed by atoms with Gasteiger partial charge in [0.15, 0.2) is 0 Å². The molecular formula is C13H21NO. The molecule has 84 valence electrons. The van der Waals surface area contributed by atoms with Crippen molar-refractivity contribution in [3.05, 3.63) is 29.8 Å². The lowest BCUT2D eigenvalue weighted by atomic mass is 10.1. The van der Waals surface area contributed by atoms with E-state index in [-0.39, 0.29) is 6.10 Å². The number of anilines is 1. The molecule has 0 fully saturated rings. The molecule has 0 spiro atoms. The number of nitrogens with one attached hydrogen (secondary N) is 1. The molecule has 2 atom stereocenters. The molecular weight excluding hydrogens is 186 g/mol. The van der Waals surface area contributed by atoms with Crippen LogP contribution in [0.1, 0.15) is 38.9 Å². The molecule has 1 N–H and O–H groups in total. The topological polar surface area (TPSA) is 21.3 Å². The molecule has 0 radical (unpaired) electrons. The quantitative estimate of drug-likeness (QED) is 0.796. The molecule has 15 heavy (non-hydrogen) atoms. The van der Waals surface area contributed by atoms with Gasteiger partial charge in [0, 0.05) is 12.7 Å². The predicted octanol–water partition coefficient (Wildman–Crippen LogP) is 3.60. The fourth-order valence-corrected chi connectivity index (χ4v) is 1.44. The molecule has 0 aromatic heterocycles. The zero-order valence-corrected chi connectivity index (χ0v) is 10.1. The zero-order valence-electron chi connectivity index (χ0n) is 10.1. The van der Waals surface area contributed by atoms with Gasteiger partial charge in [-0.2, -0.15) is 0 Å². The van der Waals surface area contributed by atoms with Gasteiger partial charge in [-0.3, -0.25) is 0 Å². The minimum atomic E-state index is 0.172. The van der Waals surface area contributed by atoms with Gasteiger partial charge < -0.3 is 10.1 Å². The van der Waals surface area contributed by atoms with Crippen LogP contribution in [0.3, 0.4) is 0 Å². The van der Waals surface area contributed by atoms with E-state index < -0.39 is 0 Å². The predicted molar refractivity (Wildman–Crippen MR) is 65.2 cm³/mol. The van der Waals surface area contributed by atoms with Gasteiger partial charge >= 0.3 is 0 Å². The second-order valence-electron chi connectivity index (χ2n) is 3.87. The summed E-state index contributed by atoms with van der Waals surface area (Å²) in [5.74, 6) is 0. The highest BCUT2D eigenvalue weighted by atomic mass is 16.5. The Labute approximate surface area is 92.6 Å². The maximum Gasteiger partial charge on any atom is 0.0800 e. The first-order valence-electron chi connectivity index (χ1n) is 5.60. The summed E-state index contributed by atoms with van der Waals surface area (Å²) in [6.45, 7) is 6.35. The normalized spacial score (nSPS) is 14.7. The Morgan fingerprint density at radius 1 is 1.20 bits per heavy atom. The van der Waals surface area contributed by atoms with Crippen molar-refractivity contribution in [3.8, 4) is 0 Å². The highest BCUT2D eigenvalue weighted by Crippen LogP contribution is 2.21. The van der Waals surface area contributed by atoms with E-state index in [2.05, 4.69) is 50.4 Å². The van der Waals surface area contributed by atoms with E-state index in [1.807, 2.05) is 7.05 Å². The molecule has 0 amide bonds. The molecule has 1 aromatic rings. The molecule has 0 bridgehead atoms. The van der Waals surface area contributed by atoms with E-state index in [9.17, 15) is 0 Å². The lowest BCUT2D eigenvalue weighted by Gasteiger charge is -2.18. The van der Waals surface area contributed by atoms with Crippen LogP contribution in [0.15, 0.2) is 24.3 Å². The number of hydrogen-bond donors (Lipinski definition) is 1. The van der Waals surface area contributed by atoms with Gasteiger partial charge in [-0.05, 0) is 38.0 Å².